The summed E-state index contributed by atoms with van der Waals surface area (Å²) in [7, 11) is 0. The quantitative estimate of drug-likeness (QED) is 0.586. The van der Waals surface area contributed by atoms with Gasteiger partial charge >= 0.3 is 0 Å². The predicted octanol–water partition coefficient (Wildman–Crippen LogP) is 5.16. The number of pyridine rings is 1. The average Bonchev–Trinajstić information content (AvgIpc) is 3.06. The van der Waals surface area contributed by atoms with E-state index in [0.29, 0.717) is 27.2 Å². The summed E-state index contributed by atoms with van der Waals surface area (Å²) in [4.78, 5) is 30.8. The van der Waals surface area contributed by atoms with E-state index in [0.717, 1.165) is 49.1 Å². The van der Waals surface area contributed by atoms with Crippen LogP contribution < -0.4 is 5.32 Å². The first-order chi connectivity index (χ1) is 14.8. The third kappa shape index (κ3) is 4.55. The molecule has 2 aromatic heterocycles. The number of amides is 2. The van der Waals surface area contributed by atoms with Crippen molar-refractivity contribution in [1.82, 2.24) is 14.5 Å². The summed E-state index contributed by atoms with van der Waals surface area (Å²) in [5.74, 6) is 0.295. The van der Waals surface area contributed by atoms with Gasteiger partial charge in [0.05, 0.1) is 10.6 Å². The van der Waals surface area contributed by atoms with Crippen LogP contribution in [0.5, 0.6) is 0 Å². The van der Waals surface area contributed by atoms with Gasteiger partial charge in [-0.15, -0.1) is 0 Å². The zero-order valence-corrected chi connectivity index (χ0v) is 19.0. The van der Waals surface area contributed by atoms with Gasteiger partial charge in [0.15, 0.2) is 0 Å². The fraction of sp³-hybridized carbons (Fsp3) is 0.348. The molecule has 0 saturated carbocycles. The summed E-state index contributed by atoms with van der Waals surface area (Å²) >= 11 is 12.6. The third-order valence-electron chi connectivity index (χ3n) is 5.87. The predicted molar refractivity (Wildman–Crippen MR) is 124 cm³/mol. The zero-order valence-electron chi connectivity index (χ0n) is 17.5. The minimum absolute atomic E-state index is 0.138. The second-order valence-corrected chi connectivity index (χ2v) is 8.87. The summed E-state index contributed by atoms with van der Waals surface area (Å²) < 4.78 is 2.12. The van der Waals surface area contributed by atoms with E-state index in [9.17, 15) is 9.59 Å². The molecule has 3 heterocycles. The van der Waals surface area contributed by atoms with E-state index in [1.54, 1.807) is 31.2 Å². The summed E-state index contributed by atoms with van der Waals surface area (Å²) in [6, 6.07) is 6.90. The molecule has 0 atom stereocenters. The molecule has 0 spiro atoms. The van der Waals surface area contributed by atoms with Crippen molar-refractivity contribution in [3.05, 3.63) is 57.8 Å². The second kappa shape index (κ2) is 8.89. The summed E-state index contributed by atoms with van der Waals surface area (Å²) in [6.07, 6.45) is 5.51. The highest BCUT2D eigenvalue weighted by Crippen LogP contribution is 2.32. The van der Waals surface area contributed by atoms with Crippen molar-refractivity contribution in [2.45, 2.75) is 33.2 Å². The molecule has 1 aliphatic heterocycles. The molecule has 8 heteroatoms. The topological polar surface area (TPSA) is 67.2 Å². The molecular formula is C23H24Cl2N4O2. The summed E-state index contributed by atoms with van der Waals surface area (Å²) in [5.41, 5.74) is 2.73. The maximum atomic E-state index is 12.8. The van der Waals surface area contributed by atoms with Gasteiger partial charge in [-0.2, -0.15) is 0 Å². The Hall–Kier alpha value is -2.57. The number of aromatic nitrogens is 2. The number of hydrogen-bond donors (Lipinski definition) is 1. The lowest BCUT2D eigenvalue weighted by Gasteiger charge is -2.31. The van der Waals surface area contributed by atoms with Crippen molar-refractivity contribution >= 4 is 51.7 Å². The highest BCUT2D eigenvalue weighted by atomic mass is 35.5. The Kier molecular flexibility index (Phi) is 6.21. The zero-order chi connectivity index (χ0) is 22.1. The fourth-order valence-corrected chi connectivity index (χ4v) is 4.64. The van der Waals surface area contributed by atoms with E-state index in [1.807, 2.05) is 18.0 Å². The van der Waals surface area contributed by atoms with Gasteiger partial charge in [0.1, 0.15) is 5.65 Å². The Morgan fingerprint density at radius 3 is 2.48 bits per heavy atom. The number of anilines is 1. The van der Waals surface area contributed by atoms with E-state index >= 15 is 0 Å². The van der Waals surface area contributed by atoms with Gasteiger partial charge in [-0.3, -0.25) is 9.59 Å². The van der Waals surface area contributed by atoms with Crippen molar-refractivity contribution in [3.63, 3.8) is 0 Å². The molecule has 1 fully saturated rings. The Balaban J connectivity index is 1.55. The highest BCUT2D eigenvalue weighted by molar-refractivity contribution is 6.39. The van der Waals surface area contributed by atoms with Crippen LogP contribution in [0.1, 0.15) is 35.7 Å². The van der Waals surface area contributed by atoms with Crippen LogP contribution in [0.2, 0.25) is 10.0 Å². The van der Waals surface area contributed by atoms with Crippen molar-refractivity contribution in [1.29, 1.82) is 0 Å². The number of aryl methyl sites for hydroxylation is 1. The molecular weight excluding hydrogens is 435 g/mol. The summed E-state index contributed by atoms with van der Waals surface area (Å²) in [6.45, 7) is 6.00. The van der Waals surface area contributed by atoms with Gasteiger partial charge in [-0.1, -0.05) is 23.2 Å². The van der Waals surface area contributed by atoms with Crippen molar-refractivity contribution in [2.24, 2.45) is 5.92 Å². The standard InChI is InChI=1S/C23H24Cl2N4O2/c1-14-12-29(13-16-7-9-28(10-8-16)15(2)30)22-20(14)21(25)19(11-26-22)23(31)27-18-5-3-17(24)4-6-18/h3-6,11-12,16H,7-10,13H2,1-2H3,(H,27,31). The Morgan fingerprint density at radius 1 is 1.16 bits per heavy atom. The highest BCUT2D eigenvalue weighted by Gasteiger charge is 2.23. The molecule has 6 nitrogen and oxygen atoms in total. The third-order valence-corrected chi connectivity index (χ3v) is 6.52. The number of fused-ring (bicyclic) bond motifs is 1. The number of hydrogen-bond acceptors (Lipinski definition) is 3. The van der Waals surface area contributed by atoms with E-state index in [-0.39, 0.29) is 11.8 Å². The van der Waals surface area contributed by atoms with Crippen molar-refractivity contribution in [2.75, 3.05) is 18.4 Å². The van der Waals surface area contributed by atoms with E-state index in [4.69, 9.17) is 23.2 Å². The number of benzene rings is 1. The molecule has 162 valence electrons. The number of carbonyl (C=O) groups excluding carboxylic acids is 2. The normalized spacial score (nSPS) is 14.8. The molecule has 1 aromatic carbocycles. The van der Waals surface area contributed by atoms with Crippen LogP contribution in [0.3, 0.4) is 0 Å². The number of carbonyl (C=O) groups is 2. The first-order valence-electron chi connectivity index (χ1n) is 10.3. The van der Waals surface area contributed by atoms with E-state index in [2.05, 4.69) is 14.9 Å². The lowest BCUT2D eigenvalue weighted by Crippen LogP contribution is -2.37. The molecule has 2 amide bonds. The maximum absolute atomic E-state index is 12.8. The molecule has 1 N–H and O–H groups in total. The fourth-order valence-electron chi connectivity index (χ4n) is 4.14. The Labute approximate surface area is 191 Å². The first kappa shape index (κ1) is 21.7. The minimum atomic E-state index is -0.314. The van der Waals surface area contributed by atoms with Crippen LogP contribution in [0.15, 0.2) is 36.7 Å². The van der Waals surface area contributed by atoms with Crippen LogP contribution in [-0.2, 0) is 11.3 Å². The second-order valence-electron chi connectivity index (χ2n) is 8.06. The number of rotatable bonds is 4. The molecule has 3 aromatic rings. The molecule has 0 radical (unpaired) electrons. The molecule has 31 heavy (non-hydrogen) atoms. The summed E-state index contributed by atoms with van der Waals surface area (Å²) in [5, 5.41) is 4.63. The van der Waals surface area contributed by atoms with Gasteiger partial charge in [-0.05, 0) is 55.5 Å². The van der Waals surface area contributed by atoms with Crippen molar-refractivity contribution in [3.8, 4) is 0 Å². The largest absolute Gasteiger partial charge is 0.343 e. The Morgan fingerprint density at radius 2 is 1.84 bits per heavy atom. The van der Waals surface area contributed by atoms with Crippen LogP contribution in [-0.4, -0.2) is 39.4 Å². The van der Waals surface area contributed by atoms with Gasteiger partial charge < -0.3 is 14.8 Å². The molecule has 1 aliphatic rings. The number of nitrogens with zero attached hydrogens (tertiary/aromatic N) is 3. The number of halogens is 2. The lowest BCUT2D eigenvalue weighted by molar-refractivity contribution is -0.130. The smallest absolute Gasteiger partial charge is 0.258 e. The van der Waals surface area contributed by atoms with E-state index < -0.39 is 0 Å². The minimum Gasteiger partial charge on any atom is -0.343 e. The van der Waals surface area contributed by atoms with Gasteiger partial charge in [0, 0.05) is 55.0 Å². The van der Waals surface area contributed by atoms with Crippen LogP contribution in [0.25, 0.3) is 11.0 Å². The van der Waals surface area contributed by atoms with E-state index in [1.165, 1.54) is 6.20 Å². The van der Waals surface area contributed by atoms with Crippen molar-refractivity contribution < 1.29 is 9.59 Å². The number of piperidine rings is 1. The van der Waals surface area contributed by atoms with Crippen LogP contribution >= 0.6 is 23.2 Å². The number of nitrogens with one attached hydrogen (secondary N) is 1. The van der Waals surface area contributed by atoms with Crippen LogP contribution in [0, 0.1) is 12.8 Å². The van der Waals surface area contributed by atoms with Gasteiger partial charge in [0.2, 0.25) is 5.91 Å². The molecule has 0 bridgehead atoms. The molecule has 4 rings (SSSR count). The number of likely N-dealkylation sites (tertiary alicyclic amines) is 1. The van der Waals surface area contributed by atoms with Crippen LogP contribution in [0.4, 0.5) is 5.69 Å². The lowest BCUT2D eigenvalue weighted by atomic mass is 9.96. The maximum Gasteiger partial charge on any atom is 0.258 e. The monoisotopic (exact) mass is 458 g/mol. The SMILES string of the molecule is CC(=O)N1CCC(Cn2cc(C)c3c(Cl)c(C(=O)Nc4ccc(Cl)cc4)cnc32)CC1. The average molecular weight is 459 g/mol. The molecule has 0 aliphatic carbocycles. The molecule has 0 unspecified atom stereocenters. The molecule has 1 saturated heterocycles. The first-order valence-corrected chi connectivity index (χ1v) is 11.1. The Bertz CT molecular complexity index is 1130. The van der Waals surface area contributed by atoms with Gasteiger partial charge in [0.25, 0.3) is 5.91 Å². The van der Waals surface area contributed by atoms with Gasteiger partial charge in [-0.25, -0.2) is 4.98 Å².